The summed E-state index contributed by atoms with van der Waals surface area (Å²) in [5.74, 6) is -0.697. The van der Waals surface area contributed by atoms with Crippen LogP contribution >= 0.6 is 0 Å². The lowest BCUT2D eigenvalue weighted by atomic mass is 9.88. The van der Waals surface area contributed by atoms with Crippen LogP contribution in [-0.2, 0) is 13.0 Å². The number of nitrogens with two attached hydrogens (primary N) is 1. The van der Waals surface area contributed by atoms with Crippen LogP contribution in [0.15, 0.2) is 66.7 Å². The number of nitrogens with zero attached hydrogens (tertiary/aromatic N) is 2. The molecule has 1 aromatic heterocycles. The number of ether oxygens (including phenoxy) is 2. The molecule has 0 saturated carbocycles. The highest BCUT2D eigenvalue weighted by Crippen LogP contribution is 2.34. The average Bonchev–Trinajstić information content (AvgIpc) is 2.87. The number of aryl methyl sites for hydroxylation is 1. The van der Waals surface area contributed by atoms with Crippen molar-refractivity contribution < 1.29 is 31.8 Å². The molecule has 4 aromatic rings. The zero-order valence-electron chi connectivity index (χ0n) is 20.6. The first-order valence-electron chi connectivity index (χ1n) is 11.9. The van der Waals surface area contributed by atoms with Crippen molar-refractivity contribution in [3.63, 3.8) is 0 Å². The number of alkyl halides is 3. The van der Waals surface area contributed by atoms with Crippen LogP contribution < -0.4 is 20.5 Å². The number of carbonyl (C=O) groups is 1. The number of rotatable bonds is 6. The van der Waals surface area contributed by atoms with E-state index < -0.39 is 18.2 Å². The molecule has 0 unspecified atom stereocenters. The summed E-state index contributed by atoms with van der Waals surface area (Å²) >= 11 is 0. The predicted molar refractivity (Wildman–Crippen MR) is 134 cm³/mol. The molecule has 3 N–H and O–H groups in total. The minimum absolute atomic E-state index is 0.0780. The number of aromatic nitrogens is 2. The number of amides is 1. The number of benzene rings is 3. The molecule has 0 bridgehead atoms. The number of nitrogen functional groups attached to an aromatic ring is 1. The minimum atomic E-state index is -4.78. The second kappa shape index (κ2) is 10.2. The van der Waals surface area contributed by atoms with Gasteiger partial charge in [0.25, 0.3) is 5.91 Å². The fourth-order valence-electron chi connectivity index (χ4n) is 4.58. The van der Waals surface area contributed by atoms with E-state index in [-0.39, 0.29) is 24.2 Å². The number of carbonyl (C=O) groups excluding carboxylic acids is 1. The molecular formula is C28H22F4N4O3. The van der Waals surface area contributed by atoms with Crippen LogP contribution in [0, 0.1) is 12.7 Å². The van der Waals surface area contributed by atoms with Crippen molar-refractivity contribution in [1.29, 1.82) is 0 Å². The molecule has 1 atom stereocenters. The molecule has 2 heterocycles. The maximum Gasteiger partial charge on any atom is 0.573 e. The fourth-order valence-corrected chi connectivity index (χ4v) is 4.58. The van der Waals surface area contributed by atoms with Crippen molar-refractivity contribution in [1.82, 2.24) is 15.3 Å². The quantitative estimate of drug-likeness (QED) is 0.307. The molecule has 1 aliphatic rings. The van der Waals surface area contributed by atoms with Gasteiger partial charge in [-0.05, 0) is 71.6 Å². The summed E-state index contributed by atoms with van der Waals surface area (Å²) in [7, 11) is 0. The highest BCUT2D eigenvalue weighted by atomic mass is 19.4. The number of hydrogen-bond donors (Lipinski definition) is 2. The van der Waals surface area contributed by atoms with Gasteiger partial charge in [-0.2, -0.15) is 0 Å². The Morgan fingerprint density at radius 2 is 1.77 bits per heavy atom. The zero-order valence-corrected chi connectivity index (χ0v) is 20.6. The first kappa shape index (κ1) is 26.0. The largest absolute Gasteiger partial charge is 0.573 e. The van der Waals surface area contributed by atoms with Crippen LogP contribution in [0.25, 0.3) is 11.1 Å². The lowest BCUT2D eigenvalue weighted by molar-refractivity contribution is -0.274. The van der Waals surface area contributed by atoms with Crippen LogP contribution in [0.3, 0.4) is 0 Å². The average molecular weight is 539 g/mol. The van der Waals surface area contributed by atoms with Gasteiger partial charge in [-0.3, -0.25) is 4.79 Å². The second-order valence-corrected chi connectivity index (χ2v) is 8.96. The minimum Gasteiger partial charge on any atom is -0.489 e. The fraction of sp³-hybridized carbons (Fsp3) is 0.179. The third-order valence-corrected chi connectivity index (χ3v) is 6.20. The molecule has 5 rings (SSSR count). The second-order valence-electron chi connectivity index (χ2n) is 8.96. The zero-order chi connectivity index (χ0) is 27.7. The summed E-state index contributed by atoms with van der Waals surface area (Å²) < 4.78 is 61.1. The number of anilines is 1. The molecule has 1 aliphatic heterocycles. The monoisotopic (exact) mass is 538 g/mol. The van der Waals surface area contributed by atoms with Crippen molar-refractivity contribution in [3.05, 3.63) is 101 Å². The first-order chi connectivity index (χ1) is 18.6. The van der Waals surface area contributed by atoms with Gasteiger partial charge in [-0.15, -0.1) is 13.2 Å². The van der Waals surface area contributed by atoms with Gasteiger partial charge in [0, 0.05) is 6.42 Å². The van der Waals surface area contributed by atoms with Crippen molar-refractivity contribution in [2.24, 2.45) is 0 Å². The van der Waals surface area contributed by atoms with Crippen LogP contribution in [-0.4, -0.2) is 22.2 Å². The van der Waals surface area contributed by atoms with E-state index in [9.17, 15) is 22.4 Å². The van der Waals surface area contributed by atoms with E-state index in [0.717, 1.165) is 17.7 Å². The Kier molecular flexibility index (Phi) is 6.81. The number of fused-ring (bicyclic) bond motifs is 1. The van der Waals surface area contributed by atoms with Crippen LogP contribution in [0.1, 0.15) is 38.9 Å². The molecule has 0 fully saturated rings. The molecular weight excluding hydrogens is 516 g/mol. The van der Waals surface area contributed by atoms with E-state index in [1.165, 1.54) is 24.3 Å². The van der Waals surface area contributed by atoms with Gasteiger partial charge >= 0.3 is 6.36 Å². The van der Waals surface area contributed by atoms with Gasteiger partial charge in [0.1, 0.15) is 23.9 Å². The Morgan fingerprint density at radius 1 is 1.03 bits per heavy atom. The standard InChI is InChI=1S/C28H22F4N4O3/c1-15-25-24(36-27(33)34-15)13-23(35-26(25)37)21-10-5-18(29)12-22(21)17-4-2-3-16(11-17)14-38-19-6-8-20(9-7-19)39-28(30,31)32/h2-12,23H,13-14H2,1H3,(H,35,37)(H2,33,34,36)/t23-/m1/s1. The lowest BCUT2D eigenvalue weighted by Gasteiger charge is -2.28. The van der Waals surface area contributed by atoms with E-state index in [0.29, 0.717) is 45.8 Å². The van der Waals surface area contributed by atoms with E-state index in [2.05, 4.69) is 20.0 Å². The molecule has 1 amide bonds. The van der Waals surface area contributed by atoms with Crippen molar-refractivity contribution in [2.75, 3.05) is 5.73 Å². The number of halogens is 4. The summed E-state index contributed by atoms with van der Waals surface area (Å²) in [5.41, 5.74) is 9.92. The molecule has 7 nitrogen and oxygen atoms in total. The third-order valence-electron chi connectivity index (χ3n) is 6.20. The molecule has 0 spiro atoms. The first-order valence-corrected chi connectivity index (χ1v) is 11.9. The maximum absolute atomic E-state index is 14.4. The number of nitrogens with one attached hydrogen (secondary N) is 1. The maximum atomic E-state index is 14.4. The van der Waals surface area contributed by atoms with Crippen LogP contribution in [0.4, 0.5) is 23.5 Å². The van der Waals surface area contributed by atoms with E-state index in [1.54, 1.807) is 19.1 Å². The Labute approximate surface area is 220 Å². The van der Waals surface area contributed by atoms with Gasteiger partial charge < -0.3 is 20.5 Å². The summed E-state index contributed by atoms with van der Waals surface area (Å²) in [6, 6.07) is 16.2. The highest BCUT2D eigenvalue weighted by Gasteiger charge is 2.31. The molecule has 200 valence electrons. The summed E-state index contributed by atoms with van der Waals surface area (Å²) in [6.07, 6.45) is -4.42. The summed E-state index contributed by atoms with van der Waals surface area (Å²) in [4.78, 5) is 21.2. The molecule has 11 heteroatoms. The van der Waals surface area contributed by atoms with Crippen LogP contribution in [0.5, 0.6) is 11.5 Å². The summed E-state index contributed by atoms with van der Waals surface area (Å²) in [5, 5.41) is 2.97. The topological polar surface area (TPSA) is 99.4 Å². The van der Waals surface area contributed by atoms with Gasteiger partial charge in [-0.25, -0.2) is 14.4 Å². The Bertz CT molecular complexity index is 1540. The summed E-state index contributed by atoms with van der Waals surface area (Å²) in [6.45, 7) is 1.80. The van der Waals surface area contributed by atoms with Crippen molar-refractivity contribution in [3.8, 4) is 22.6 Å². The number of hydrogen-bond acceptors (Lipinski definition) is 6. The predicted octanol–water partition coefficient (Wildman–Crippen LogP) is 5.68. The Morgan fingerprint density at radius 3 is 2.51 bits per heavy atom. The third kappa shape index (κ3) is 5.92. The molecule has 39 heavy (non-hydrogen) atoms. The van der Waals surface area contributed by atoms with Gasteiger partial charge in [0.2, 0.25) is 5.95 Å². The molecule has 3 aromatic carbocycles. The van der Waals surface area contributed by atoms with Gasteiger partial charge in [0.15, 0.2) is 0 Å². The molecule has 0 saturated heterocycles. The Hall–Kier alpha value is -4.67. The van der Waals surface area contributed by atoms with Crippen molar-refractivity contribution >= 4 is 11.9 Å². The van der Waals surface area contributed by atoms with E-state index in [4.69, 9.17) is 10.5 Å². The Balaban J connectivity index is 1.38. The van der Waals surface area contributed by atoms with Gasteiger partial charge in [0.05, 0.1) is 23.0 Å². The van der Waals surface area contributed by atoms with Crippen LogP contribution in [0.2, 0.25) is 0 Å². The SMILES string of the molecule is Cc1nc(N)nc2c1C(=O)N[C@@H](c1ccc(F)cc1-c1cccc(COc3ccc(OC(F)(F)F)cc3)c1)C2. The highest BCUT2D eigenvalue weighted by molar-refractivity contribution is 5.98. The van der Waals surface area contributed by atoms with Gasteiger partial charge in [-0.1, -0.05) is 24.3 Å². The lowest BCUT2D eigenvalue weighted by Crippen LogP contribution is -2.37. The normalized spacial score (nSPS) is 14.9. The molecule has 0 aliphatic carbocycles. The van der Waals surface area contributed by atoms with Crippen molar-refractivity contribution in [2.45, 2.75) is 32.4 Å². The smallest absolute Gasteiger partial charge is 0.489 e. The molecule has 0 radical (unpaired) electrons. The van der Waals surface area contributed by atoms with E-state index >= 15 is 0 Å². The van der Waals surface area contributed by atoms with E-state index in [1.807, 2.05) is 18.2 Å².